The molecule has 0 atom stereocenters. The standard InChI is InChI=1S/C12H24N6OS/c1-9(2)19-12-16-10(15-11(17-12)18-13)14-7-5-4-6-8-20-3/h9H,4-8,13H2,1-3H3,(H2,14,15,16,17,18). The zero-order chi connectivity index (χ0) is 14.8. The third kappa shape index (κ3) is 6.76. The molecule has 0 saturated heterocycles. The Balaban J connectivity index is 2.47. The lowest BCUT2D eigenvalue weighted by atomic mass is 10.2. The molecule has 4 N–H and O–H groups in total. The van der Waals surface area contributed by atoms with Crippen LogP contribution in [0.15, 0.2) is 0 Å². The minimum absolute atomic E-state index is 0.00224. The topological polar surface area (TPSA) is 98.0 Å². The summed E-state index contributed by atoms with van der Waals surface area (Å²) < 4.78 is 5.46. The van der Waals surface area contributed by atoms with Crippen LogP contribution in [0.4, 0.5) is 11.9 Å². The molecule has 0 fully saturated rings. The van der Waals surface area contributed by atoms with E-state index in [-0.39, 0.29) is 12.1 Å². The van der Waals surface area contributed by atoms with Crippen molar-refractivity contribution >= 4 is 23.7 Å². The summed E-state index contributed by atoms with van der Waals surface area (Å²) in [6, 6.07) is 0.271. The van der Waals surface area contributed by atoms with Crippen LogP contribution in [0.1, 0.15) is 33.1 Å². The highest BCUT2D eigenvalue weighted by Gasteiger charge is 2.07. The number of nitrogens with one attached hydrogen (secondary N) is 2. The molecule has 0 saturated carbocycles. The van der Waals surface area contributed by atoms with Gasteiger partial charge in [-0.1, -0.05) is 6.42 Å². The molecule has 0 spiro atoms. The van der Waals surface area contributed by atoms with Crippen LogP contribution in [0.5, 0.6) is 6.01 Å². The molecule has 114 valence electrons. The molecule has 0 aliphatic heterocycles. The Kier molecular flexibility index (Phi) is 8.05. The van der Waals surface area contributed by atoms with Crippen molar-refractivity contribution in [2.75, 3.05) is 29.3 Å². The average Bonchev–Trinajstić information content (AvgIpc) is 2.41. The van der Waals surface area contributed by atoms with E-state index in [2.05, 4.69) is 32.0 Å². The van der Waals surface area contributed by atoms with E-state index in [0.717, 1.165) is 13.0 Å². The second-order valence-corrected chi connectivity index (χ2v) is 5.54. The van der Waals surface area contributed by atoms with E-state index in [4.69, 9.17) is 10.6 Å². The van der Waals surface area contributed by atoms with Crippen LogP contribution in [0.25, 0.3) is 0 Å². The minimum Gasteiger partial charge on any atom is -0.461 e. The van der Waals surface area contributed by atoms with Gasteiger partial charge in [0.25, 0.3) is 0 Å². The number of ether oxygens (including phenoxy) is 1. The Bertz CT molecular complexity index is 390. The van der Waals surface area contributed by atoms with Crippen molar-refractivity contribution in [2.45, 2.75) is 39.2 Å². The summed E-state index contributed by atoms with van der Waals surface area (Å²) in [7, 11) is 0. The summed E-state index contributed by atoms with van der Waals surface area (Å²) in [6.45, 7) is 4.65. The number of hydrogen-bond donors (Lipinski definition) is 3. The number of thioether (sulfide) groups is 1. The number of nitrogens with two attached hydrogens (primary N) is 1. The number of rotatable bonds is 10. The zero-order valence-corrected chi connectivity index (χ0v) is 13.2. The fourth-order valence-corrected chi connectivity index (χ4v) is 2.00. The number of unbranched alkanes of at least 4 members (excludes halogenated alkanes) is 2. The highest BCUT2D eigenvalue weighted by atomic mass is 32.2. The van der Waals surface area contributed by atoms with Gasteiger partial charge in [-0.25, -0.2) is 5.84 Å². The van der Waals surface area contributed by atoms with Crippen molar-refractivity contribution < 1.29 is 4.74 Å². The van der Waals surface area contributed by atoms with Crippen LogP contribution in [0.2, 0.25) is 0 Å². The molecule has 0 radical (unpaired) electrons. The fraction of sp³-hybridized carbons (Fsp3) is 0.750. The van der Waals surface area contributed by atoms with Gasteiger partial charge in [0.05, 0.1) is 6.10 Å². The van der Waals surface area contributed by atoms with E-state index in [1.165, 1.54) is 18.6 Å². The number of aromatic nitrogens is 3. The van der Waals surface area contributed by atoms with Gasteiger partial charge in [-0.3, -0.25) is 5.43 Å². The molecule has 0 amide bonds. The maximum atomic E-state index is 5.46. The Hall–Kier alpha value is -1.28. The lowest BCUT2D eigenvalue weighted by Gasteiger charge is -2.11. The normalized spacial score (nSPS) is 10.7. The zero-order valence-electron chi connectivity index (χ0n) is 12.3. The number of hydrogen-bond acceptors (Lipinski definition) is 8. The van der Waals surface area contributed by atoms with Crippen LogP contribution in [0.3, 0.4) is 0 Å². The number of nitrogens with zero attached hydrogens (tertiary/aromatic N) is 3. The van der Waals surface area contributed by atoms with Gasteiger partial charge in [-0.2, -0.15) is 26.7 Å². The molecule has 1 aromatic rings. The molecule has 0 aliphatic rings. The van der Waals surface area contributed by atoms with Gasteiger partial charge in [0.1, 0.15) is 0 Å². The lowest BCUT2D eigenvalue weighted by molar-refractivity contribution is 0.222. The van der Waals surface area contributed by atoms with Gasteiger partial charge in [-0.15, -0.1) is 0 Å². The largest absolute Gasteiger partial charge is 0.461 e. The van der Waals surface area contributed by atoms with Crippen LogP contribution in [0, 0.1) is 0 Å². The minimum atomic E-state index is 0.00224. The van der Waals surface area contributed by atoms with Crippen molar-refractivity contribution in [3.05, 3.63) is 0 Å². The van der Waals surface area contributed by atoms with Crippen molar-refractivity contribution in [1.82, 2.24) is 15.0 Å². The van der Waals surface area contributed by atoms with Crippen molar-refractivity contribution in [3.8, 4) is 6.01 Å². The van der Waals surface area contributed by atoms with Gasteiger partial charge in [0.2, 0.25) is 11.9 Å². The molecule has 8 heteroatoms. The van der Waals surface area contributed by atoms with Crippen molar-refractivity contribution in [2.24, 2.45) is 5.84 Å². The van der Waals surface area contributed by atoms with Gasteiger partial charge in [0.15, 0.2) is 0 Å². The molecule has 7 nitrogen and oxygen atoms in total. The summed E-state index contributed by atoms with van der Waals surface area (Å²) in [5.74, 6) is 7.32. The van der Waals surface area contributed by atoms with Gasteiger partial charge in [-0.05, 0) is 38.7 Å². The Morgan fingerprint density at radius 1 is 1.15 bits per heavy atom. The van der Waals surface area contributed by atoms with E-state index in [9.17, 15) is 0 Å². The molecule has 1 aromatic heterocycles. The highest BCUT2D eigenvalue weighted by Crippen LogP contribution is 2.12. The first kappa shape index (κ1) is 16.8. The van der Waals surface area contributed by atoms with E-state index >= 15 is 0 Å². The van der Waals surface area contributed by atoms with Crippen LogP contribution >= 0.6 is 11.8 Å². The van der Waals surface area contributed by atoms with Crippen LogP contribution < -0.4 is 21.3 Å². The molecule has 1 rings (SSSR count). The maximum absolute atomic E-state index is 5.46. The summed E-state index contributed by atoms with van der Waals surface area (Å²) >= 11 is 1.88. The smallest absolute Gasteiger partial charge is 0.323 e. The van der Waals surface area contributed by atoms with Crippen LogP contribution in [-0.4, -0.2) is 39.6 Å². The molecule has 0 aromatic carbocycles. The monoisotopic (exact) mass is 300 g/mol. The summed E-state index contributed by atoms with van der Waals surface area (Å²) in [5.41, 5.74) is 2.41. The van der Waals surface area contributed by atoms with E-state index in [0.29, 0.717) is 11.9 Å². The average molecular weight is 300 g/mol. The van der Waals surface area contributed by atoms with Crippen molar-refractivity contribution in [3.63, 3.8) is 0 Å². The highest BCUT2D eigenvalue weighted by molar-refractivity contribution is 7.98. The molecule has 0 aliphatic carbocycles. The number of nitrogen functional groups attached to an aromatic ring is 1. The third-order valence-corrected chi connectivity index (χ3v) is 3.09. The molecule has 1 heterocycles. The van der Waals surface area contributed by atoms with E-state index in [1.54, 1.807) is 0 Å². The first-order valence-electron chi connectivity index (χ1n) is 6.78. The Morgan fingerprint density at radius 3 is 2.55 bits per heavy atom. The number of hydrazine groups is 1. The Labute approximate surface area is 124 Å². The lowest BCUT2D eigenvalue weighted by Crippen LogP contribution is -2.16. The van der Waals surface area contributed by atoms with Gasteiger partial charge < -0.3 is 10.1 Å². The SMILES string of the molecule is CSCCCCCNc1nc(NN)nc(OC(C)C)n1. The summed E-state index contributed by atoms with van der Waals surface area (Å²) in [6.07, 6.45) is 5.63. The van der Waals surface area contributed by atoms with Crippen molar-refractivity contribution in [1.29, 1.82) is 0 Å². The van der Waals surface area contributed by atoms with E-state index in [1.807, 2.05) is 25.6 Å². The molecule has 0 bridgehead atoms. The molecular formula is C12H24N6OS. The fourth-order valence-electron chi connectivity index (χ4n) is 1.51. The van der Waals surface area contributed by atoms with E-state index < -0.39 is 0 Å². The predicted molar refractivity (Wildman–Crippen MR) is 84.1 cm³/mol. The third-order valence-electron chi connectivity index (χ3n) is 2.39. The van der Waals surface area contributed by atoms with Crippen LogP contribution in [-0.2, 0) is 0 Å². The summed E-state index contributed by atoms with van der Waals surface area (Å²) in [5, 5.41) is 3.17. The first-order valence-corrected chi connectivity index (χ1v) is 8.17. The first-order chi connectivity index (χ1) is 9.65. The molecular weight excluding hydrogens is 276 g/mol. The molecule has 20 heavy (non-hydrogen) atoms. The second kappa shape index (κ2) is 9.60. The quantitative estimate of drug-likeness (QED) is 0.342. The van der Waals surface area contributed by atoms with Gasteiger partial charge in [0, 0.05) is 6.54 Å². The van der Waals surface area contributed by atoms with Gasteiger partial charge >= 0.3 is 6.01 Å². The maximum Gasteiger partial charge on any atom is 0.323 e. The number of anilines is 2. The Morgan fingerprint density at radius 2 is 1.90 bits per heavy atom. The predicted octanol–water partition coefficient (Wildman–Crippen LogP) is 1.89. The molecule has 0 unspecified atom stereocenters. The summed E-state index contributed by atoms with van der Waals surface area (Å²) in [4.78, 5) is 12.4. The second-order valence-electron chi connectivity index (χ2n) is 4.56.